The summed E-state index contributed by atoms with van der Waals surface area (Å²) in [6.07, 6.45) is 2.74. The first-order valence-corrected chi connectivity index (χ1v) is 9.34. The van der Waals surface area contributed by atoms with Crippen molar-refractivity contribution in [3.05, 3.63) is 41.5 Å². The Balaban J connectivity index is 0.00000280. The van der Waals surface area contributed by atoms with Gasteiger partial charge in [0.2, 0.25) is 0 Å². The van der Waals surface area contributed by atoms with E-state index in [1.54, 1.807) is 6.33 Å². The van der Waals surface area contributed by atoms with Crippen LogP contribution < -0.4 is 15.4 Å². The summed E-state index contributed by atoms with van der Waals surface area (Å²) < 4.78 is 13.5. The number of halogens is 1. The molecule has 2 heterocycles. The number of rotatable bonds is 7. The van der Waals surface area contributed by atoms with Crippen LogP contribution in [0, 0.1) is 6.92 Å². The summed E-state index contributed by atoms with van der Waals surface area (Å²) in [5.41, 5.74) is 2.23. The molecule has 1 saturated heterocycles. The zero-order valence-corrected chi connectivity index (χ0v) is 19.0. The van der Waals surface area contributed by atoms with E-state index in [2.05, 4.69) is 46.0 Å². The van der Waals surface area contributed by atoms with Gasteiger partial charge in [-0.05, 0) is 25.5 Å². The molecule has 0 spiro atoms. The third-order valence-corrected chi connectivity index (χ3v) is 4.38. The molecule has 1 aromatic carbocycles. The molecule has 1 fully saturated rings. The fraction of sp³-hybridized carbons (Fsp3) is 0.526. The summed E-state index contributed by atoms with van der Waals surface area (Å²) >= 11 is 0. The molecule has 1 aliphatic heterocycles. The molecule has 0 bridgehead atoms. The Labute approximate surface area is 183 Å². The summed E-state index contributed by atoms with van der Waals surface area (Å²) in [5, 5.41) is 14.5. The van der Waals surface area contributed by atoms with Crippen molar-refractivity contribution < 1.29 is 9.47 Å². The first-order chi connectivity index (χ1) is 13.2. The van der Waals surface area contributed by atoms with Gasteiger partial charge in [-0.2, -0.15) is 0 Å². The second-order valence-electron chi connectivity index (χ2n) is 6.62. The Bertz CT molecular complexity index is 774. The van der Waals surface area contributed by atoms with Gasteiger partial charge in [-0.3, -0.25) is 0 Å². The molecule has 1 aromatic heterocycles. The van der Waals surface area contributed by atoms with E-state index >= 15 is 0 Å². The zero-order chi connectivity index (χ0) is 19.1. The first-order valence-electron chi connectivity index (χ1n) is 9.34. The van der Waals surface area contributed by atoms with E-state index in [0.717, 1.165) is 42.7 Å². The monoisotopic (exact) mass is 500 g/mol. The molecule has 2 aromatic rings. The van der Waals surface area contributed by atoms with Crippen LogP contribution in [0.1, 0.15) is 30.3 Å². The van der Waals surface area contributed by atoms with Gasteiger partial charge in [0.15, 0.2) is 11.8 Å². The van der Waals surface area contributed by atoms with E-state index in [9.17, 15) is 0 Å². The van der Waals surface area contributed by atoms with Crippen LogP contribution in [0.4, 0.5) is 0 Å². The van der Waals surface area contributed by atoms with Crippen molar-refractivity contribution in [2.45, 2.75) is 39.5 Å². The number of hydrogen-bond acceptors (Lipinski definition) is 5. The number of guanidine groups is 1. The summed E-state index contributed by atoms with van der Waals surface area (Å²) in [7, 11) is 1.92. The van der Waals surface area contributed by atoms with Crippen LogP contribution in [-0.2, 0) is 24.9 Å². The summed E-state index contributed by atoms with van der Waals surface area (Å²) in [4.78, 5) is 4.70. The van der Waals surface area contributed by atoms with Gasteiger partial charge < -0.3 is 24.7 Å². The van der Waals surface area contributed by atoms with Gasteiger partial charge in [0.05, 0.1) is 26.3 Å². The zero-order valence-electron chi connectivity index (χ0n) is 16.6. The lowest BCUT2D eigenvalue weighted by atomic mass is 10.1. The maximum atomic E-state index is 6.16. The maximum absolute atomic E-state index is 6.16. The number of nitrogens with zero attached hydrogens (tertiary/aromatic N) is 4. The maximum Gasteiger partial charge on any atom is 0.191 e. The molecular weight excluding hydrogens is 471 g/mol. The SMILES string of the molecule is CCNC(=NCc1ccc(C)cc1OC1CCOC1)NCc1nncn1C.I. The lowest BCUT2D eigenvalue weighted by Gasteiger charge is -2.16. The average molecular weight is 500 g/mol. The minimum Gasteiger partial charge on any atom is -0.488 e. The number of ether oxygens (including phenoxy) is 2. The highest BCUT2D eigenvalue weighted by Gasteiger charge is 2.18. The van der Waals surface area contributed by atoms with Gasteiger partial charge in [-0.25, -0.2) is 4.99 Å². The number of aliphatic imine (C=N–C) groups is 1. The summed E-state index contributed by atoms with van der Waals surface area (Å²) in [6, 6.07) is 6.24. The van der Waals surface area contributed by atoms with Gasteiger partial charge in [0.25, 0.3) is 0 Å². The minimum absolute atomic E-state index is 0. The Morgan fingerprint density at radius 3 is 2.93 bits per heavy atom. The van der Waals surface area contributed by atoms with Crippen LogP contribution in [-0.4, -0.2) is 46.6 Å². The molecule has 8 nitrogen and oxygen atoms in total. The van der Waals surface area contributed by atoms with Crippen LogP contribution >= 0.6 is 24.0 Å². The highest BCUT2D eigenvalue weighted by atomic mass is 127. The fourth-order valence-corrected chi connectivity index (χ4v) is 2.82. The molecule has 1 unspecified atom stereocenters. The Hall–Kier alpha value is -1.88. The number of hydrogen-bond donors (Lipinski definition) is 2. The second kappa shape index (κ2) is 11.2. The van der Waals surface area contributed by atoms with Gasteiger partial charge >= 0.3 is 0 Å². The smallest absolute Gasteiger partial charge is 0.191 e. The predicted molar refractivity (Wildman–Crippen MR) is 119 cm³/mol. The topological polar surface area (TPSA) is 85.6 Å². The Morgan fingerprint density at radius 1 is 1.39 bits per heavy atom. The average Bonchev–Trinajstić information content (AvgIpc) is 3.30. The molecule has 0 saturated carbocycles. The van der Waals surface area contributed by atoms with E-state index in [0.29, 0.717) is 19.7 Å². The molecule has 28 heavy (non-hydrogen) atoms. The molecule has 3 rings (SSSR count). The number of nitrogens with one attached hydrogen (secondary N) is 2. The van der Waals surface area contributed by atoms with Crippen LogP contribution in [0.3, 0.4) is 0 Å². The van der Waals surface area contributed by atoms with Gasteiger partial charge in [-0.1, -0.05) is 12.1 Å². The molecule has 9 heteroatoms. The molecular formula is C19H29IN6O2. The Kier molecular flexibility index (Phi) is 8.97. The van der Waals surface area contributed by atoms with Crippen molar-refractivity contribution in [2.75, 3.05) is 19.8 Å². The molecule has 1 aliphatic rings. The second-order valence-corrected chi connectivity index (χ2v) is 6.62. The first kappa shape index (κ1) is 22.4. The highest BCUT2D eigenvalue weighted by Crippen LogP contribution is 2.24. The molecule has 0 radical (unpaired) electrons. The fourth-order valence-electron chi connectivity index (χ4n) is 2.82. The summed E-state index contributed by atoms with van der Waals surface area (Å²) in [6.45, 7) is 7.38. The number of aryl methyl sites for hydroxylation is 2. The van der Waals surface area contributed by atoms with Crippen LogP contribution in [0.15, 0.2) is 29.5 Å². The van der Waals surface area contributed by atoms with E-state index in [1.165, 1.54) is 5.56 Å². The van der Waals surface area contributed by atoms with E-state index < -0.39 is 0 Å². The van der Waals surface area contributed by atoms with Crippen molar-refractivity contribution in [3.63, 3.8) is 0 Å². The Morgan fingerprint density at radius 2 is 2.25 bits per heavy atom. The van der Waals surface area contributed by atoms with Crippen molar-refractivity contribution in [1.29, 1.82) is 0 Å². The standard InChI is InChI=1S/C19H28N6O2.HI/c1-4-20-19(22-11-18-24-23-13-25(18)3)21-10-15-6-5-14(2)9-17(15)27-16-7-8-26-12-16;/h5-6,9,13,16H,4,7-8,10-12H2,1-3H3,(H2,20,21,22);1H. The quantitative estimate of drug-likeness (QED) is 0.345. The normalized spacial score (nSPS) is 16.5. The van der Waals surface area contributed by atoms with Crippen molar-refractivity contribution in [1.82, 2.24) is 25.4 Å². The van der Waals surface area contributed by atoms with E-state index in [1.807, 2.05) is 18.5 Å². The molecule has 2 N–H and O–H groups in total. The van der Waals surface area contributed by atoms with Gasteiger partial charge in [0.1, 0.15) is 18.2 Å². The third-order valence-electron chi connectivity index (χ3n) is 4.38. The largest absolute Gasteiger partial charge is 0.488 e. The lowest BCUT2D eigenvalue weighted by Crippen LogP contribution is -2.37. The lowest BCUT2D eigenvalue weighted by molar-refractivity contribution is 0.140. The predicted octanol–water partition coefficient (Wildman–Crippen LogP) is 2.16. The van der Waals surface area contributed by atoms with Crippen molar-refractivity contribution >= 4 is 29.9 Å². The van der Waals surface area contributed by atoms with Crippen LogP contribution in [0.25, 0.3) is 0 Å². The number of benzene rings is 1. The van der Waals surface area contributed by atoms with Gasteiger partial charge in [-0.15, -0.1) is 34.2 Å². The molecule has 154 valence electrons. The van der Waals surface area contributed by atoms with E-state index in [4.69, 9.17) is 14.5 Å². The molecule has 0 amide bonds. The van der Waals surface area contributed by atoms with Crippen LogP contribution in [0.2, 0.25) is 0 Å². The molecule has 1 atom stereocenters. The minimum atomic E-state index is 0. The van der Waals surface area contributed by atoms with Crippen molar-refractivity contribution in [2.24, 2.45) is 12.0 Å². The highest BCUT2D eigenvalue weighted by molar-refractivity contribution is 14.0. The van der Waals surface area contributed by atoms with E-state index in [-0.39, 0.29) is 30.1 Å². The third kappa shape index (κ3) is 6.33. The van der Waals surface area contributed by atoms with Gasteiger partial charge in [0, 0.05) is 25.6 Å². The summed E-state index contributed by atoms with van der Waals surface area (Å²) in [5.74, 6) is 2.47. The number of aromatic nitrogens is 3. The molecule has 0 aliphatic carbocycles. The van der Waals surface area contributed by atoms with Crippen molar-refractivity contribution in [3.8, 4) is 5.75 Å². The van der Waals surface area contributed by atoms with Crippen LogP contribution in [0.5, 0.6) is 5.75 Å².